The molecule has 1 fully saturated rings. The van der Waals surface area contributed by atoms with Gasteiger partial charge in [0.1, 0.15) is 11.6 Å². The Bertz CT molecular complexity index is 1380. The van der Waals surface area contributed by atoms with Crippen LogP contribution in [0, 0.1) is 5.92 Å². The summed E-state index contributed by atoms with van der Waals surface area (Å²) in [5, 5.41) is -0.340. The minimum Gasteiger partial charge on any atom is -0.478 e. The Morgan fingerprint density at radius 1 is 1.19 bits per heavy atom. The van der Waals surface area contributed by atoms with Crippen LogP contribution in [-0.2, 0) is 10.0 Å². The normalized spacial score (nSPS) is 17.1. The Kier molecular flexibility index (Phi) is 6.85. The van der Waals surface area contributed by atoms with Crippen molar-refractivity contribution < 1.29 is 17.9 Å². The van der Waals surface area contributed by atoms with Gasteiger partial charge >= 0.3 is 0 Å². The third kappa shape index (κ3) is 5.25. The Morgan fingerprint density at radius 2 is 1.94 bits per heavy atom. The van der Waals surface area contributed by atoms with E-state index in [1.165, 1.54) is 18.2 Å². The molecule has 0 bridgehead atoms. The van der Waals surface area contributed by atoms with Gasteiger partial charge in [0.25, 0.3) is 15.9 Å². The number of amides is 1. The van der Waals surface area contributed by atoms with Crippen LogP contribution in [0.2, 0.25) is 0 Å². The fourth-order valence-electron chi connectivity index (χ4n) is 4.55. The first kappa shape index (κ1) is 25.4. The standard InChI is InChI=1S/C25H30N6O4S/c1-5-35-21-10-9-17(13-27-21)18-11-19(23(28-14-18)31-15-16(2)12-25(31,3)4)24(32)30-36(33,34)22-8-6-7-20(26)29-22/h6-11,13-14,16H,5,12,15H2,1-4H3,(H2,26,29)(H,30,32). The summed E-state index contributed by atoms with van der Waals surface area (Å²) in [5.41, 5.74) is 6.83. The van der Waals surface area contributed by atoms with Crippen molar-refractivity contribution in [3.05, 3.63) is 54.4 Å². The molecule has 0 aliphatic carbocycles. The SMILES string of the molecule is CCOc1ccc(-c2cnc(N3CC(C)CC3(C)C)c(C(=O)NS(=O)(=O)c3cccc(N)n3)c2)cn1. The molecular weight excluding hydrogens is 480 g/mol. The predicted molar refractivity (Wildman–Crippen MR) is 137 cm³/mol. The molecule has 1 aliphatic rings. The van der Waals surface area contributed by atoms with E-state index in [9.17, 15) is 13.2 Å². The summed E-state index contributed by atoms with van der Waals surface area (Å²) in [7, 11) is -4.27. The Labute approximate surface area is 211 Å². The summed E-state index contributed by atoms with van der Waals surface area (Å²) in [6.45, 7) is 9.35. The molecule has 4 heterocycles. The molecular formula is C25H30N6O4S. The monoisotopic (exact) mass is 510 g/mol. The maximum absolute atomic E-state index is 13.5. The quantitative estimate of drug-likeness (QED) is 0.490. The zero-order valence-corrected chi connectivity index (χ0v) is 21.5. The van der Waals surface area contributed by atoms with Crippen LogP contribution in [0.1, 0.15) is 44.5 Å². The second kappa shape index (κ2) is 9.73. The van der Waals surface area contributed by atoms with E-state index in [1.54, 1.807) is 24.5 Å². The van der Waals surface area contributed by atoms with E-state index in [4.69, 9.17) is 10.5 Å². The third-order valence-electron chi connectivity index (χ3n) is 6.05. The van der Waals surface area contributed by atoms with Crippen LogP contribution in [0.5, 0.6) is 5.88 Å². The van der Waals surface area contributed by atoms with Crippen molar-refractivity contribution in [3.63, 3.8) is 0 Å². The molecule has 4 rings (SSSR count). The van der Waals surface area contributed by atoms with E-state index in [-0.39, 0.29) is 21.9 Å². The lowest BCUT2D eigenvalue weighted by molar-refractivity contribution is 0.0981. The minimum absolute atomic E-state index is 0.0329. The highest BCUT2D eigenvalue weighted by molar-refractivity contribution is 7.90. The molecule has 1 saturated heterocycles. The number of pyridine rings is 3. The number of anilines is 2. The van der Waals surface area contributed by atoms with Gasteiger partial charge < -0.3 is 15.4 Å². The number of carbonyl (C=O) groups is 1. The Morgan fingerprint density at radius 3 is 2.56 bits per heavy atom. The first-order valence-corrected chi connectivity index (χ1v) is 13.1. The summed E-state index contributed by atoms with van der Waals surface area (Å²) >= 11 is 0. The number of hydrogen-bond acceptors (Lipinski definition) is 9. The molecule has 0 aromatic carbocycles. The lowest BCUT2D eigenvalue weighted by atomic mass is 9.97. The van der Waals surface area contributed by atoms with Crippen LogP contribution in [-0.4, -0.2) is 48.0 Å². The molecule has 36 heavy (non-hydrogen) atoms. The number of nitrogen functional groups attached to an aromatic ring is 1. The van der Waals surface area contributed by atoms with Crippen molar-refractivity contribution in [1.82, 2.24) is 19.7 Å². The number of ether oxygens (including phenoxy) is 1. The summed E-state index contributed by atoms with van der Waals surface area (Å²) in [6, 6.07) is 9.38. The first-order chi connectivity index (χ1) is 17.0. The highest BCUT2D eigenvalue weighted by Crippen LogP contribution is 2.38. The number of hydrogen-bond donors (Lipinski definition) is 2. The molecule has 3 N–H and O–H groups in total. The van der Waals surface area contributed by atoms with Gasteiger partial charge in [-0.05, 0) is 57.4 Å². The lowest BCUT2D eigenvalue weighted by Gasteiger charge is -2.33. The van der Waals surface area contributed by atoms with E-state index < -0.39 is 15.9 Å². The maximum Gasteiger partial charge on any atom is 0.281 e. The third-order valence-corrected chi connectivity index (χ3v) is 7.28. The molecule has 3 aromatic rings. The highest BCUT2D eigenvalue weighted by atomic mass is 32.2. The van der Waals surface area contributed by atoms with Crippen molar-refractivity contribution in [2.45, 2.75) is 44.7 Å². The average Bonchev–Trinajstić information content (AvgIpc) is 3.10. The minimum atomic E-state index is -4.27. The molecule has 1 aliphatic heterocycles. The van der Waals surface area contributed by atoms with Crippen molar-refractivity contribution >= 4 is 27.6 Å². The molecule has 0 radical (unpaired) electrons. The van der Waals surface area contributed by atoms with Gasteiger partial charge in [-0.3, -0.25) is 4.79 Å². The number of carbonyl (C=O) groups excluding carboxylic acids is 1. The van der Waals surface area contributed by atoms with E-state index in [0.29, 0.717) is 41.9 Å². The molecule has 190 valence electrons. The van der Waals surface area contributed by atoms with Crippen molar-refractivity contribution in [3.8, 4) is 17.0 Å². The number of rotatable bonds is 7. The fourth-order valence-corrected chi connectivity index (χ4v) is 5.49. The second-order valence-corrected chi connectivity index (χ2v) is 11.1. The number of aromatic nitrogens is 3. The first-order valence-electron chi connectivity index (χ1n) is 11.7. The summed E-state index contributed by atoms with van der Waals surface area (Å²) in [5.74, 6) is 0.508. The van der Waals surface area contributed by atoms with Crippen molar-refractivity contribution in [1.29, 1.82) is 0 Å². The molecule has 0 spiro atoms. The largest absolute Gasteiger partial charge is 0.478 e. The number of nitrogens with two attached hydrogens (primary N) is 1. The van der Waals surface area contributed by atoms with E-state index in [0.717, 1.165) is 6.42 Å². The van der Waals surface area contributed by atoms with Crippen LogP contribution >= 0.6 is 0 Å². The van der Waals surface area contributed by atoms with Gasteiger partial charge in [-0.2, -0.15) is 8.42 Å². The number of nitrogens with one attached hydrogen (secondary N) is 1. The Hall–Kier alpha value is -3.73. The van der Waals surface area contributed by atoms with Crippen LogP contribution in [0.25, 0.3) is 11.1 Å². The van der Waals surface area contributed by atoms with Crippen LogP contribution < -0.4 is 20.1 Å². The van der Waals surface area contributed by atoms with Crippen molar-refractivity contribution in [2.24, 2.45) is 5.92 Å². The zero-order chi connectivity index (χ0) is 26.1. The molecule has 11 heteroatoms. The molecule has 0 saturated carbocycles. The van der Waals surface area contributed by atoms with Gasteiger partial charge in [-0.25, -0.2) is 19.7 Å². The molecule has 1 unspecified atom stereocenters. The van der Waals surface area contributed by atoms with Crippen LogP contribution in [0.4, 0.5) is 11.6 Å². The molecule has 10 nitrogen and oxygen atoms in total. The van der Waals surface area contributed by atoms with Gasteiger partial charge in [-0.1, -0.05) is 13.0 Å². The smallest absolute Gasteiger partial charge is 0.281 e. The van der Waals surface area contributed by atoms with Gasteiger partial charge in [0, 0.05) is 41.7 Å². The summed E-state index contributed by atoms with van der Waals surface area (Å²) in [4.78, 5) is 28.3. The predicted octanol–water partition coefficient (Wildman–Crippen LogP) is 3.26. The lowest BCUT2D eigenvalue weighted by Crippen LogP contribution is -2.41. The molecule has 1 amide bonds. The van der Waals surface area contributed by atoms with Gasteiger partial charge in [0.15, 0.2) is 5.03 Å². The van der Waals surface area contributed by atoms with E-state index in [2.05, 4.69) is 45.3 Å². The van der Waals surface area contributed by atoms with Gasteiger partial charge in [0.2, 0.25) is 5.88 Å². The van der Waals surface area contributed by atoms with Crippen LogP contribution in [0.15, 0.2) is 53.8 Å². The number of sulfonamides is 1. The fraction of sp³-hybridized carbons (Fsp3) is 0.360. The topological polar surface area (TPSA) is 140 Å². The van der Waals surface area contributed by atoms with E-state index >= 15 is 0 Å². The van der Waals surface area contributed by atoms with Crippen LogP contribution in [0.3, 0.4) is 0 Å². The van der Waals surface area contributed by atoms with Crippen molar-refractivity contribution in [2.75, 3.05) is 23.8 Å². The zero-order valence-electron chi connectivity index (χ0n) is 20.7. The second-order valence-electron chi connectivity index (χ2n) is 9.48. The average molecular weight is 511 g/mol. The summed E-state index contributed by atoms with van der Waals surface area (Å²) < 4.78 is 33.4. The Balaban J connectivity index is 1.76. The molecule has 3 aromatic heterocycles. The highest BCUT2D eigenvalue weighted by Gasteiger charge is 2.39. The molecule has 1 atom stereocenters. The van der Waals surface area contributed by atoms with E-state index in [1.807, 2.05) is 13.0 Å². The van der Waals surface area contributed by atoms with Gasteiger partial charge in [-0.15, -0.1) is 0 Å². The maximum atomic E-state index is 13.5. The number of nitrogens with zero attached hydrogens (tertiary/aromatic N) is 4. The summed E-state index contributed by atoms with van der Waals surface area (Å²) in [6.07, 6.45) is 4.20. The van der Waals surface area contributed by atoms with Gasteiger partial charge in [0.05, 0.1) is 12.2 Å².